The Labute approximate surface area is 461 Å². The fraction of sp³-hybridized carbons (Fsp3) is 0.0417. The normalized spacial score (nSPS) is 13.9. The summed E-state index contributed by atoms with van der Waals surface area (Å²) in [5, 5.41) is 17.2. The maximum absolute atomic E-state index is 4.62. The van der Waals surface area contributed by atoms with Crippen molar-refractivity contribution in [3.8, 4) is 33.4 Å². The Morgan fingerprint density at radius 1 is 0.244 bits per heavy atom. The van der Waals surface area contributed by atoms with Crippen molar-refractivity contribution in [2.75, 3.05) is 0 Å². The third-order valence-electron chi connectivity index (χ3n) is 16.6. The van der Waals surface area contributed by atoms with Crippen LogP contribution < -0.4 is 62.2 Å². The Morgan fingerprint density at radius 3 is 1.13 bits per heavy atom. The van der Waals surface area contributed by atoms with Crippen LogP contribution in [-0.2, 0) is 0 Å². The van der Waals surface area contributed by atoms with E-state index in [0.29, 0.717) is 0 Å². The molecule has 0 aliphatic carbocycles. The number of aryl methyl sites for hydroxylation is 3. The summed E-state index contributed by atoms with van der Waals surface area (Å²) in [5.41, 5.74) is 12.2. The standard InChI is InChI=1S/3C24H19NSi/c1-18-9-8-14-22-24(18)21-15-16-25-17-23(21)26(22,19-10-4-2-5-11-19)20-12-6-3-7-13-20;1-18-16-25-17-23-24(18)21-14-8-9-15-22(21)26(23,19-10-4-2-5-11-19)20-12-6-3-7-13-20;1-18-12-13-23-22(16-18)21-14-15-25-17-24(21)26(23,19-8-4-2-5-9-19)20-10-6-3-7-11-20/h3*2-17H,1H3. The predicted octanol–water partition coefficient (Wildman–Crippen LogP) is 8.24. The highest BCUT2D eigenvalue weighted by molar-refractivity contribution is 7.23. The monoisotopic (exact) mass is 1050 g/mol. The summed E-state index contributed by atoms with van der Waals surface area (Å²) in [6, 6.07) is 93.2. The van der Waals surface area contributed by atoms with Gasteiger partial charge in [0.05, 0.1) is 0 Å². The van der Waals surface area contributed by atoms with Crippen molar-refractivity contribution in [3.05, 3.63) is 309 Å². The van der Waals surface area contributed by atoms with Gasteiger partial charge < -0.3 is 0 Å². The lowest BCUT2D eigenvalue weighted by molar-refractivity contribution is 1.29. The molecular weight excluding hydrogens is 991 g/mol. The molecule has 0 N–H and O–H groups in total. The molecule has 0 spiro atoms. The van der Waals surface area contributed by atoms with Crippen molar-refractivity contribution < 1.29 is 0 Å². The van der Waals surface area contributed by atoms with Gasteiger partial charge in [-0.05, 0) is 140 Å². The first-order chi connectivity index (χ1) is 38.5. The summed E-state index contributed by atoms with van der Waals surface area (Å²) in [6.07, 6.45) is 12.2. The van der Waals surface area contributed by atoms with E-state index >= 15 is 0 Å². The first kappa shape index (κ1) is 48.7. The SMILES string of the molecule is Cc1ccc2c(c1)-c1ccncc1[Si]2(c1ccccc1)c1ccccc1.Cc1cccc2c1-c1ccncc1[Si]2(c1ccccc1)c1ccccc1.Cc1cncc2c1-c1ccccc1[Si]2(c1ccccc1)c1ccccc1. The van der Waals surface area contributed by atoms with Crippen molar-refractivity contribution in [2.45, 2.75) is 20.8 Å². The van der Waals surface area contributed by atoms with E-state index in [9.17, 15) is 0 Å². The van der Waals surface area contributed by atoms with Crippen LogP contribution in [0.25, 0.3) is 33.4 Å². The second kappa shape index (κ2) is 20.2. The molecule has 372 valence electrons. The Hall–Kier alpha value is -8.92. The molecule has 9 aromatic carbocycles. The average Bonchev–Trinajstić information content (AvgIpc) is 4.30. The highest BCUT2D eigenvalue weighted by Crippen LogP contribution is 2.33. The molecule has 6 heteroatoms. The van der Waals surface area contributed by atoms with Gasteiger partial charge in [0.15, 0.2) is 24.2 Å². The number of benzene rings is 9. The number of rotatable bonds is 6. The Morgan fingerprint density at radius 2 is 0.615 bits per heavy atom. The first-order valence-corrected chi connectivity index (χ1v) is 33.0. The van der Waals surface area contributed by atoms with Gasteiger partial charge in [0.1, 0.15) is 0 Å². The lowest BCUT2D eigenvalue weighted by Crippen LogP contribution is -2.72. The molecule has 0 saturated carbocycles. The molecule has 3 aromatic heterocycles. The Bertz CT molecular complexity index is 3820. The van der Waals surface area contributed by atoms with Crippen molar-refractivity contribution >= 4 is 86.5 Å². The summed E-state index contributed by atoms with van der Waals surface area (Å²) in [6.45, 7) is 6.58. The average molecular weight is 1050 g/mol. The van der Waals surface area contributed by atoms with Crippen LogP contribution in [0.2, 0.25) is 0 Å². The van der Waals surface area contributed by atoms with Crippen LogP contribution in [0.4, 0.5) is 0 Å². The third kappa shape index (κ3) is 7.54. The molecule has 0 fully saturated rings. The fourth-order valence-corrected chi connectivity index (χ4v) is 29.0. The largest absolute Gasteiger partial charge is 0.265 e. The van der Waals surface area contributed by atoms with Crippen molar-refractivity contribution in [3.63, 3.8) is 0 Å². The molecule has 0 atom stereocenters. The smallest absolute Gasteiger partial charge is 0.182 e. The van der Waals surface area contributed by atoms with E-state index in [1.165, 1.54) is 112 Å². The van der Waals surface area contributed by atoms with Gasteiger partial charge in [0.2, 0.25) is 0 Å². The highest BCUT2D eigenvalue weighted by Gasteiger charge is 2.51. The van der Waals surface area contributed by atoms with Crippen LogP contribution >= 0.6 is 0 Å². The summed E-state index contributed by atoms with van der Waals surface area (Å²) >= 11 is 0. The second-order valence-electron chi connectivity index (χ2n) is 20.8. The van der Waals surface area contributed by atoms with Crippen LogP contribution in [0.15, 0.2) is 292 Å². The van der Waals surface area contributed by atoms with Gasteiger partial charge in [-0.3, -0.25) is 15.0 Å². The van der Waals surface area contributed by atoms with Gasteiger partial charge in [-0.25, -0.2) is 0 Å². The molecule has 0 amide bonds. The number of hydrogen-bond acceptors (Lipinski definition) is 3. The van der Waals surface area contributed by atoms with Crippen LogP contribution in [0.3, 0.4) is 0 Å². The maximum atomic E-state index is 4.62. The molecule has 6 heterocycles. The van der Waals surface area contributed by atoms with Crippen LogP contribution in [0.1, 0.15) is 16.7 Å². The molecule has 3 nitrogen and oxygen atoms in total. The number of pyridine rings is 3. The zero-order chi connectivity index (χ0) is 52.7. The van der Waals surface area contributed by atoms with Gasteiger partial charge in [-0.2, -0.15) is 0 Å². The fourth-order valence-electron chi connectivity index (χ4n) is 13.6. The van der Waals surface area contributed by atoms with Gasteiger partial charge in [0, 0.05) is 37.2 Å². The van der Waals surface area contributed by atoms with Crippen LogP contribution in [0.5, 0.6) is 0 Å². The van der Waals surface area contributed by atoms with Crippen molar-refractivity contribution in [1.82, 2.24) is 15.0 Å². The molecule has 0 saturated heterocycles. The molecule has 3 aliphatic heterocycles. The van der Waals surface area contributed by atoms with E-state index in [2.05, 4.69) is 309 Å². The molecule has 0 radical (unpaired) electrons. The van der Waals surface area contributed by atoms with Gasteiger partial charge >= 0.3 is 0 Å². The van der Waals surface area contributed by atoms with E-state index in [0.717, 1.165) is 0 Å². The van der Waals surface area contributed by atoms with E-state index in [1.807, 2.05) is 18.6 Å². The second-order valence-corrected chi connectivity index (χ2v) is 32.0. The summed E-state index contributed by atoms with van der Waals surface area (Å²) < 4.78 is 0. The zero-order valence-corrected chi connectivity index (χ0v) is 47.1. The van der Waals surface area contributed by atoms with E-state index in [4.69, 9.17) is 0 Å². The zero-order valence-electron chi connectivity index (χ0n) is 44.1. The Kier molecular flexibility index (Phi) is 12.6. The van der Waals surface area contributed by atoms with Gasteiger partial charge in [0.25, 0.3) is 0 Å². The molecule has 3 aliphatic rings. The van der Waals surface area contributed by atoms with Crippen LogP contribution in [-0.4, -0.2) is 39.2 Å². The quantitative estimate of drug-likeness (QED) is 0.158. The van der Waals surface area contributed by atoms with E-state index in [-0.39, 0.29) is 0 Å². The molecule has 15 rings (SSSR count). The van der Waals surface area contributed by atoms with Gasteiger partial charge in [-0.15, -0.1) is 0 Å². The lowest BCUT2D eigenvalue weighted by Gasteiger charge is -2.31. The lowest BCUT2D eigenvalue weighted by atomic mass is 10.0. The first-order valence-electron chi connectivity index (χ1n) is 27.0. The molecule has 78 heavy (non-hydrogen) atoms. The minimum absolute atomic E-state index is 1.26. The number of aromatic nitrogens is 3. The summed E-state index contributed by atoms with van der Waals surface area (Å²) in [7, 11) is -6.95. The predicted molar refractivity (Wildman–Crippen MR) is 335 cm³/mol. The summed E-state index contributed by atoms with van der Waals surface area (Å²) in [4.78, 5) is 13.7. The summed E-state index contributed by atoms with van der Waals surface area (Å²) in [5.74, 6) is 0. The highest BCUT2D eigenvalue weighted by atomic mass is 28.3. The topological polar surface area (TPSA) is 38.7 Å². The number of fused-ring (bicyclic) bond motifs is 9. The van der Waals surface area contributed by atoms with E-state index in [1.54, 1.807) is 0 Å². The molecule has 12 aromatic rings. The number of nitrogens with zero attached hydrogens (tertiary/aromatic N) is 3. The van der Waals surface area contributed by atoms with Gasteiger partial charge in [-0.1, -0.05) is 248 Å². The van der Waals surface area contributed by atoms with E-state index < -0.39 is 24.2 Å². The van der Waals surface area contributed by atoms with Crippen molar-refractivity contribution in [2.24, 2.45) is 0 Å². The Balaban J connectivity index is 0.000000111. The molecule has 0 bridgehead atoms. The number of hydrogen-bond donors (Lipinski definition) is 0. The third-order valence-corrected chi connectivity index (χ3v) is 31.2. The van der Waals surface area contributed by atoms with Crippen LogP contribution in [0, 0.1) is 20.8 Å². The minimum Gasteiger partial charge on any atom is -0.265 e. The molecular formula is C72H57N3Si3. The van der Waals surface area contributed by atoms with Crippen molar-refractivity contribution in [1.29, 1.82) is 0 Å². The maximum Gasteiger partial charge on any atom is 0.182 e. The minimum atomic E-state index is -2.32. The molecule has 0 unspecified atom stereocenters.